The zero-order valence-corrected chi connectivity index (χ0v) is 12.3. The van der Waals surface area contributed by atoms with Crippen molar-refractivity contribution in [3.63, 3.8) is 0 Å². The minimum Gasteiger partial charge on any atom is -0.494 e. The summed E-state index contributed by atoms with van der Waals surface area (Å²) in [7, 11) is 0. The molecule has 0 spiro atoms. The third-order valence-corrected chi connectivity index (χ3v) is 3.64. The van der Waals surface area contributed by atoms with Gasteiger partial charge in [0, 0.05) is 6.04 Å². The van der Waals surface area contributed by atoms with E-state index in [0.29, 0.717) is 19.4 Å². The van der Waals surface area contributed by atoms with Gasteiger partial charge in [0.2, 0.25) is 0 Å². The molecule has 1 atom stereocenters. The second-order valence-electron chi connectivity index (χ2n) is 4.73. The number of hydrogen-bond acceptors (Lipinski definition) is 3. The van der Waals surface area contributed by atoms with Crippen LogP contribution < -0.4 is 16.0 Å². The van der Waals surface area contributed by atoms with Crippen LogP contribution in [0, 0.1) is 5.82 Å². The zero-order valence-electron chi connectivity index (χ0n) is 11.6. The van der Waals surface area contributed by atoms with Gasteiger partial charge < -0.3 is 4.74 Å². The van der Waals surface area contributed by atoms with E-state index in [1.54, 1.807) is 12.1 Å². The highest BCUT2D eigenvalue weighted by atomic mass is 35.5. The topological polar surface area (TPSA) is 47.3 Å². The van der Waals surface area contributed by atoms with Gasteiger partial charge >= 0.3 is 0 Å². The largest absolute Gasteiger partial charge is 0.494 e. The van der Waals surface area contributed by atoms with Gasteiger partial charge in [0.05, 0.1) is 11.6 Å². The molecule has 2 rings (SSSR count). The van der Waals surface area contributed by atoms with E-state index in [0.717, 1.165) is 11.3 Å². The van der Waals surface area contributed by atoms with Crippen molar-refractivity contribution in [1.29, 1.82) is 0 Å². The fraction of sp³-hybridized carbons (Fsp3) is 0.250. The van der Waals surface area contributed by atoms with Crippen molar-refractivity contribution in [1.82, 2.24) is 5.43 Å². The Morgan fingerprint density at radius 1 is 1.14 bits per heavy atom. The fourth-order valence-electron chi connectivity index (χ4n) is 2.05. The Bertz CT molecular complexity index is 565. The molecule has 0 aliphatic carbocycles. The number of hydrazine groups is 1. The summed E-state index contributed by atoms with van der Waals surface area (Å²) < 4.78 is 19.0. The Balaban J connectivity index is 1.87. The van der Waals surface area contributed by atoms with Crippen LogP contribution in [0.2, 0.25) is 5.02 Å². The van der Waals surface area contributed by atoms with Crippen molar-refractivity contribution in [3.8, 4) is 5.75 Å². The molecule has 2 aromatic rings. The van der Waals surface area contributed by atoms with Gasteiger partial charge in [-0.3, -0.25) is 11.3 Å². The number of nitrogens with one attached hydrogen (secondary N) is 1. The fourth-order valence-corrected chi connectivity index (χ4v) is 2.25. The lowest BCUT2D eigenvalue weighted by molar-refractivity contribution is 0.285. The summed E-state index contributed by atoms with van der Waals surface area (Å²) in [5.74, 6) is 5.95. The van der Waals surface area contributed by atoms with Gasteiger partial charge in [0.1, 0.15) is 11.6 Å². The summed E-state index contributed by atoms with van der Waals surface area (Å²) in [5, 5.41) is 0.154. The van der Waals surface area contributed by atoms with E-state index < -0.39 is 5.82 Å². The van der Waals surface area contributed by atoms with Gasteiger partial charge in [-0.1, -0.05) is 41.9 Å². The highest BCUT2D eigenvalue weighted by Gasteiger charge is 2.12. The summed E-state index contributed by atoms with van der Waals surface area (Å²) in [6.07, 6.45) is 1.24. The first kappa shape index (κ1) is 15.8. The molecule has 0 aromatic heterocycles. The SMILES string of the molecule is NNC(CCOc1ccccc1)Cc1cccc(F)c1Cl. The minimum atomic E-state index is -0.412. The summed E-state index contributed by atoms with van der Waals surface area (Å²) in [6.45, 7) is 0.520. The van der Waals surface area contributed by atoms with Gasteiger partial charge in [-0.2, -0.15) is 0 Å². The normalized spacial score (nSPS) is 12.1. The summed E-state index contributed by atoms with van der Waals surface area (Å²) >= 11 is 5.95. The Kier molecular flexibility index (Phi) is 5.99. The summed E-state index contributed by atoms with van der Waals surface area (Å²) in [4.78, 5) is 0. The predicted molar refractivity (Wildman–Crippen MR) is 82.8 cm³/mol. The molecule has 0 aliphatic rings. The van der Waals surface area contributed by atoms with Crippen LogP contribution >= 0.6 is 11.6 Å². The van der Waals surface area contributed by atoms with E-state index in [9.17, 15) is 4.39 Å². The van der Waals surface area contributed by atoms with Crippen molar-refractivity contribution in [2.24, 2.45) is 5.84 Å². The maximum Gasteiger partial charge on any atom is 0.142 e. The van der Waals surface area contributed by atoms with Crippen LogP contribution in [-0.2, 0) is 6.42 Å². The molecule has 2 aromatic carbocycles. The smallest absolute Gasteiger partial charge is 0.142 e. The minimum absolute atomic E-state index is 0.0342. The number of hydrogen-bond donors (Lipinski definition) is 2. The lowest BCUT2D eigenvalue weighted by Crippen LogP contribution is -2.38. The molecule has 1 unspecified atom stereocenters. The number of benzene rings is 2. The molecule has 5 heteroatoms. The molecule has 3 N–H and O–H groups in total. The first-order valence-electron chi connectivity index (χ1n) is 6.77. The van der Waals surface area contributed by atoms with Crippen LogP contribution in [0.15, 0.2) is 48.5 Å². The van der Waals surface area contributed by atoms with E-state index in [1.165, 1.54) is 6.07 Å². The Morgan fingerprint density at radius 3 is 2.62 bits per heavy atom. The number of ether oxygens (including phenoxy) is 1. The van der Waals surface area contributed by atoms with Crippen LogP contribution in [-0.4, -0.2) is 12.6 Å². The molecule has 0 saturated carbocycles. The predicted octanol–water partition coefficient (Wildman–Crippen LogP) is 3.32. The third kappa shape index (κ3) is 4.70. The van der Waals surface area contributed by atoms with Crippen molar-refractivity contribution in [2.45, 2.75) is 18.9 Å². The van der Waals surface area contributed by atoms with Gasteiger partial charge in [0.15, 0.2) is 0 Å². The second-order valence-corrected chi connectivity index (χ2v) is 5.11. The standard InChI is InChI=1S/C16H18ClFN2O/c17-16-12(5-4-8-15(16)18)11-13(20-19)9-10-21-14-6-2-1-3-7-14/h1-8,13,20H,9-11,19H2. The van der Waals surface area contributed by atoms with Gasteiger partial charge in [-0.05, 0) is 36.6 Å². The number of para-hydroxylation sites is 1. The van der Waals surface area contributed by atoms with E-state index >= 15 is 0 Å². The molecule has 112 valence electrons. The number of halogens is 2. The van der Waals surface area contributed by atoms with Crippen LogP contribution in [0.3, 0.4) is 0 Å². The van der Waals surface area contributed by atoms with E-state index in [-0.39, 0.29) is 11.1 Å². The maximum absolute atomic E-state index is 13.4. The highest BCUT2D eigenvalue weighted by Crippen LogP contribution is 2.21. The van der Waals surface area contributed by atoms with Crippen LogP contribution in [0.4, 0.5) is 4.39 Å². The number of rotatable bonds is 7. The highest BCUT2D eigenvalue weighted by molar-refractivity contribution is 6.31. The summed E-state index contributed by atoms with van der Waals surface area (Å²) in [5.41, 5.74) is 3.46. The van der Waals surface area contributed by atoms with Gasteiger partial charge in [-0.25, -0.2) is 4.39 Å². The quantitative estimate of drug-likeness (QED) is 0.609. The van der Waals surface area contributed by atoms with E-state index in [2.05, 4.69) is 5.43 Å². The average Bonchev–Trinajstić information content (AvgIpc) is 2.51. The molecular formula is C16H18ClFN2O. The molecule has 0 amide bonds. The summed E-state index contributed by atoms with van der Waals surface area (Å²) in [6, 6.07) is 14.3. The van der Waals surface area contributed by atoms with Crippen molar-refractivity contribution < 1.29 is 9.13 Å². The van der Waals surface area contributed by atoms with Crippen molar-refractivity contribution >= 4 is 11.6 Å². The zero-order chi connectivity index (χ0) is 15.1. The maximum atomic E-state index is 13.4. The molecular weight excluding hydrogens is 291 g/mol. The average molecular weight is 309 g/mol. The van der Waals surface area contributed by atoms with E-state index in [4.69, 9.17) is 22.2 Å². The molecule has 0 bridgehead atoms. The Morgan fingerprint density at radius 2 is 1.90 bits per heavy atom. The molecule has 0 heterocycles. The monoisotopic (exact) mass is 308 g/mol. The Labute approximate surface area is 128 Å². The van der Waals surface area contributed by atoms with Crippen LogP contribution in [0.5, 0.6) is 5.75 Å². The van der Waals surface area contributed by atoms with Crippen molar-refractivity contribution in [3.05, 3.63) is 64.9 Å². The van der Waals surface area contributed by atoms with Crippen molar-refractivity contribution in [2.75, 3.05) is 6.61 Å². The lowest BCUT2D eigenvalue weighted by Gasteiger charge is -2.17. The van der Waals surface area contributed by atoms with Crippen LogP contribution in [0.25, 0.3) is 0 Å². The van der Waals surface area contributed by atoms with Crippen LogP contribution in [0.1, 0.15) is 12.0 Å². The lowest BCUT2D eigenvalue weighted by atomic mass is 10.0. The molecule has 0 saturated heterocycles. The molecule has 0 aliphatic heterocycles. The molecule has 0 fully saturated rings. The Hall–Kier alpha value is -1.62. The van der Waals surface area contributed by atoms with Gasteiger partial charge in [0.25, 0.3) is 0 Å². The second kappa shape index (κ2) is 7.98. The number of nitrogens with two attached hydrogens (primary N) is 1. The molecule has 3 nitrogen and oxygen atoms in total. The van der Waals surface area contributed by atoms with E-state index in [1.807, 2.05) is 30.3 Å². The third-order valence-electron chi connectivity index (χ3n) is 3.21. The first-order chi connectivity index (χ1) is 10.2. The van der Waals surface area contributed by atoms with Gasteiger partial charge in [-0.15, -0.1) is 0 Å². The first-order valence-corrected chi connectivity index (χ1v) is 7.15. The molecule has 21 heavy (non-hydrogen) atoms. The molecule has 0 radical (unpaired) electrons.